The average molecular weight is 291 g/mol. The highest BCUT2D eigenvalue weighted by Gasteiger charge is 2.09. The van der Waals surface area contributed by atoms with Crippen LogP contribution in [0.4, 0.5) is 0 Å². The first-order chi connectivity index (χ1) is 10.1. The number of phenols is 1. The Bertz CT molecular complexity index is 556. The van der Waals surface area contributed by atoms with E-state index in [1.807, 2.05) is 13.0 Å². The highest BCUT2D eigenvalue weighted by molar-refractivity contribution is 5.98. The van der Waals surface area contributed by atoms with E-state index in [0.717, 1.165) is 12.0 Å². The van der Waals surface area contributed by atoms with Gasteiger partial charge in [-0.1, -0.05) is 6.07 Å². The number of aliphatic imine (C=N–C) groups is 2. The molecule has 0 saturated heterocycles. The van der Waals surface area contributed by atoms with Gasteiger partial charge in [0.25, 0.3) is 0 Å². The number of nitrogens with zero attached hydrogens (tertiary/aromatic N) is 2. The van der Waals surface area contributed by atoms with E-state index < -0.39 is 0 Å². The normalized spacial score (nSPS) is 18.1. The molecule has 114 valence electrons. The van der Waals surface area contributed by atoms with Crippen molar-refractivity contribution in [2.45, 2.75) is 19.4 Å². The van der Waals surface area contributed by atoms with Gasteiger partial charge in [0.2, 0.25) is 0 Å². The van der Waals surface area contributed by atoms with Crippen LogP contribution in [0.15, 0.2) is 28.2 Å². The van der Waals surface area contributed by atoms with Crippen molar-refractivity contribution in [3.05, 3.63) is 23.8 Å². The van der Waals surface area contributed by atoms with Crippen LogP contribution in [0.1, 0.15) is 12.5 Å². The molecule has 7 heteroatoms. The van der Waals surface area contributed by atoms with Gasteiger partial charge in [0.15, 0.2) is 23.4 Å². The van der Waals surface area contributed by atoms with Crippen LogP contribution in [0, 0.1) is 0 Å². The molecule has 21 heavy (non-hydrogen) atoms. The SMILES string of the molecule is COc1ccc(CCNC2=NC(C)CN=C(N)N2)cc1O. The lowest BCUT2D eigenvalue weighted by Gasteiger charge is -2.11. The van der Waals surface area contributed by atoms with Gasteiger partial charge in [0.1, 0.15) is 0 Å². The summed E-state index contributed by atoms with van der Waals surface area (Å²) in [6, 6.07) is 5.45. The quantitative estimate of drug-likeness (QED) is 0.634. The van der Waals surface area contributed by atoms with Crippen molar-refractivity contribution >= 4 is 11.9 Å². The zero-order valence-corrected chi connectivity index (χ0v) is 12.3. The number of methoxy groups -OCH3 is 1. The molecule has 1 unspecified atom stereocenters. The van der Waals surface area contributed by atoms with Gasteiger partial charge < -0.3 is 20.9 Å². The van der Waals surface area contributed by atoms with Crippen molar-refractivity contribution in [3.63, 3.8) is 0 Å². The Balaban J connectivity index is 1.89. The van der Waals surface area contributed by atoms with Gasteiger partial charge in [-0.05, 0) is 31.0 Å². The second-order valence-electron chi connectivity index (χ2n) is 4.86. The molecule has 1 atom stereocenters. The molecular formula is C14H21N5O2. The molecule has 1 aliphatic heterocycles. The lowest BCUT2D eigenvalue weighted by Crippen LogP contribution is -2.44. The van der Waals surface area contributed by atoms with Gasteiger partial charge >= 0.3 is 0 Å². The van der Waals surface area contributed by atoms with Crippen LogP contribution in [-0.4, -0.2) is 43.3 Å². The maximum Gasteiger partial charge on any atom is 0.198 e. The number of hydrogen-bond donors (Lipinski definition) is 4. The van der Waals surface area contributed by atoms with Crippen molar-refractivity contribution in [1.82, 2.24) is 10.6 Å². The van der Waals surface area contributed by atoms with E-state index in [0.29, 0.717) is 30.8 Å². The first kappa shape index (κ1) is 15.0. The molecule has 0 amide bonds. The largest absolute Gasteiger partial charge is 0.504 e. The molecule has 5 N–H and O–H groups in total. The molecule has 0 bridgehead atoms. The number of rotatable bonds is 4. The van der Waals surface area contributed by atoms with Gasteiger partial charge in [-0.25, -0.2) is 4.99 Å². The molecule has 1 aromatic carbocycles. The number of hydrogen-bond acceptors (Lipinski definition) is 7. The van der Waals surface area contributed by atoms with Gasteiger partial charge in [-0.15, -0.1) is 0 Å². The lowest BCUT2D eigenvalue weighted by atomic mass is 10.1. The van der Waals surface area contributed by atoms with Crippen LogP contribution >= 0.6 is 0 Å². The fourth-order valence-corrected chi connectivity index (χ4v) is 1.99. The van der Waals surface area contributed by atoms with Crippen molar-refractivity contribution in [2.24, 2.45) is 15.7 Å². The van der Waals surface area contributed by atoms with E-state index in [2.05, 4.69) is 20.6 Å². The highest BCUT2D eigenvalue weighted by atomic mass is 16.5. The topological polar surface area (TPSA) is 104 Å². The highest BCUT2D eigenvalue weighted by Crippen LogP contribution is 2.26. The van der Waals surface area contributed by atoms with Crippen LogP contribution in [0.5, 0.6) is 11.5 Å². The van der Waals surface area contributed by atoms with E-state index in [9.17, 15) is 5.11 Å². The molecule has 0 spiro atoms. The number of phenolic OH excluding ortho intramolecular Hbond substituents is 1. The molecule has 0 aromatic heterocycles. The van der Waals surface area contributed by atoms with Crippen molar-refractivity contribution < 1.29 is 9.84 Å². The third kappa shape index (κ3) is 4.27. The zero-order chi connectivity index (χ0) is 15.2. The van der Waals surface area contributed by atoms with E-state index in [1.165, 1.54) is 7.11 Å². The molecular weight excluding hydrogens is 270 g/mol. The summed E-state index contributed by atoms with van der Waals surface area (Å²) >= 11 is 0. The van der Waals surface area contributed by atoms with E-state index >= 15 is 0 Å². The molecule has 0 fully saturated rings. The van der Waals surface area contributed by atoms with Gasteiger partial charge in [-0.3, -0.25) is 10.3 Å². The van der Waals surface area contributed by atoms with Crippen LogP contribution < -0.4 is 21.1 Å². The summed E-state index contributed by atoms with van der Waals surface area (Å²) in [7, 11) is 1.53. The van der Waals surface area contributed by atoms with Crippen molar-refractivity contribution in [1.29, 1.82) is 0 Å². The maximum absolute atomic E-state index is 9.73. The first-order valence-corrected chi connectivity index (χ1v) is 6.83. The van der Waals surface area contributed by atoms with Crippen LogP contribution in [0.2, 0.25) is 0 Å². The fraction of sp³-hybridized carbons (Fsp3) is 0.429. The molecule has 0 saturated carbocycles. The van der Waals surface area contributed by atoms with Gasteiger partial charge in [0, 0.05) is 6.54 Å². The lowest BCUT2D eigenvalue weighted by molar-refractivity contribution is 0.373. The number of ether oxygens (including phenoxy) is 1. The van der Waals surface area contributed by atoms with Crippen LogP contribution in [-0.2, 0) is 6.42 Å². The molecule has 1 aliphatic rings. The minimum Gasteiger partial charge on any atom is -0.504 e. The second kappa shape index (κ2) is 6.83. The number of aromatic hydroxyl groups is 1. The molecule has 1 heterocycles. The van der Waals surface area contributed by atoms with E-state index in [4.69, 9.17) is 10.5 Å². The summed E-state index contributed by atoms with van der Waals surface area (Å²) in [4.78, 5) is 8.57. The van der Waals surface area contributed by atoms with Crippen molar-refractivity contribution in [3.8, 4) is 11.5 Å². The Morgan fingerprint density at radius 2 is 2.33 bits per heavy atom. The minimum absolute atomic E-state index is 0.0890. The van der Waals surface area contributed by atoms with Gasteiger partial charge in [-0.2, -0.15) is 0 Å². The summed E-state index contributed by atoms with van der Waals surface area (Å²) in [5.74, 6) is 1.61. The molecule has 1 aromatic rings. The van der Waals surface area contributed by atoms with Crippen LogP contribution in [0.25, 0.3) is 0 Å². The summed E-state index contributed by atoms with van der Waals surface area (Å²) in [5.41, 5.74) is 6.70. The Morgan fingerprint density at radius 1 is 1.52 bits per heavy atom. The van der Waals surface area contributed by atoms with E-state index in [-0.39, 0.29) is 11.8 Å². The first-order valence-electron chi connectivity index (χ1n) is 6.83. The Kier molecular flexibility index (Phi) is 4.86. The molecule has 0 radical (unpaired) electrons. The summed E-state index contributed by atoms with van der Waals surface area (Å²) in [5, 5.41) is 15.8. The van der Waals surface area contributed by atoms with Gasteiger partial charge in [0.05, 0.1) is 19.7 Å². The zero-order valence-electron chi connectivity index (χ0n) is 12.3. The summed E-state index contributed by atoms with van der Waals surface area (Å²) in [6.07, 6.45) is 0.740. The smallest absolute Gasteiger partial charge is 0.198 e. The third-order valence-corrected chi connectivity index (χ3v) is 3.07. The van der Waals surface area contributed by atoms with E-state index in [1.54, 1.807) is 12.1 Å². The Morgan fingerprint density at radius 3 is 3.05 bits per heavy atom. The van der Waals surface area contributed by atoms with Crippen LogP contribution in [0.3, 0.4) is 0 Å². The number of nitrogens with one attached hydrogen (secondary N) is 2. The average Bonchev–Trinajstić information content (AvgIpc) is 2.60. The summed E-state index contributed by atoms with van der Waals surface area (Å²) in [6.45, 7) is 3.22. The molecule has 0 aliphatic carbocycles. The molecule has 7 nitrogen and oxygen atoms in total. The summed E-state index contributed by atoms with van der Waals surface area (Å²) < 4.78 is 5.02. The number of nitrogens with two attached hydrogens (primary N) is 1. The Labute approximate surface area is 123 Å². The van der Waals surface area contributed by atoms with Crippen molar-refractivity contribution in [2.75, 3.05) is 20.2 Å². The number of benzene rings is 1. The monoisotopic (exact) mass is 291 g/mol. The predicted molar refractivity (Wildman–Crippen MR) is 82.9 cm³/mol. The second-order valence-corrected chi connectivity index (χ2v) is 4.86. The minimum atomic E-state index is 0.0890. The Hall–Kier alpha value is -2.44. The molecule has 2 rings (SSSR count). The maximum atomic E-state index is 9.73. The standard InChI is InChI=1S/C14H21N5O2/c1-9-8-17-13(15)19-14(18-9)16-6-5-10-3-4-12(21-2)11(20)7-10/h3-4,7,9,20H,5-6,8H2,1-2H3,(H4,15,16,17,18,19). The predicted octanol–water partition coefficient (Wildman–Crippen LogP) is 0.195. The third-order valence-electron chi connectivity index (χ3n) is 3.07. The fourth-order valence-electron chi connectivity index (χ4n) is 1.99. The number of guanidine groups is 2.